The lowest BCUT2D eigenvalue weighted by Gasteiger charge is -2.17. The molecule has 0 aliphatic rings. The molecule has 0 radical (unpaired) electrons. The highest BCUT2D eigenvalue weighted by atomic mass is 35.5. The van der Waals surface area contributed by atoms with Crippen LogP contribution >= 0.6 is 34.8 Å². The van der Waals surface area contributed by atoms with Crippen LogP contribution in [0.15, 0.2) is 53.3 Å². The summed E-state index contributed by atoms with van der Waals surface area (Å²) >= 11 is 17.1. The minimum absolute atomic E-state index is 0.325. The standard InChI is InChI=1S/C18H15Cl3N4O2/c1-25(10-19)15-5-6-22-9-13(15)14-8-16(27-24-14)11-3-2-4-12(7-11)23-18(26)17(20)21/h2-9,17H,10H2,1H3,(H,23,26). The normalized spacial score (nSPS) is 10.9. The van der Waals surface area contributed by atoms with Gasteiger partial charge in [0, 0.05) is 42.3 Å². The molecule has 0 aliphatic heterocycles. The fraction of sp³-hybridized carbons (Fsp3) is 0.167. The first-order valence-corrected chi connectivity index (χ1v) is 9.28. The van der Waals surface area contributed by atoms with E-state index >= 15 is 0 Å². The Labute approximate surface area is 171 Å². The predicted molar refractivity (Wildman–Crippen MR) is 108 cm³/mol. The van der Waals surface area contributed by atoms with Crippen LogP contribution < -0.4 is 10.2 Å². The topological polar surface area (TPSA) is 71.3 Å². The Morgan fingerprint density at radius 2 is 2.11 bits per heavy atom. The number of rotatable bonds is 6. The van der Waals surface area contributed by atoms with Crippen molar-refractivity contribution in [3.05, 3.63) is 48.8 Å². The smallest absolute Gasteiger partial charge is 0.257 e. The molecule has 0 saturated heterocycles. The van der Waals surface area contributed by atoms with Gasteiger partial charge in [0.15, 0.2) is 10.6 Å². The van der Waals surface area contributed by atoms with E-state index in [0.717, 1.165) is 16.8 Å². The number of carbonyl (C=O) groups is 1. The highest BCUT2D eigenvalue weighted by Gasteiger charge is 2.16. The third-order valence-electron chi connectivity index (χ3n) is 3.79. The van der Waals surface area contributed by atoms with Crippen LogP contribution in [0.25, 0.3) is 22.6 Å². The maximum atomic E-state index is 11.6. The Bertz CT molecular complexity index is 946. The molecule has 0 spiro atoms. The number of amides is 1. The Hall–Kier alpha value is -2.28. The largest absolute Gasteiger partial charge is 0.360 e. The van der Waals surface area contributed by atoms with E-state index in [0.29, 0.717) is 23.1 Å². The summed E-state index contributed by atoms with van der Waals surface area (Å²) in [5.41, 5.74) is 3.60. The number of anilines is 2. The molecule has 3 rings (SSSR count). The number of hydrogen-bond acceptors (Lipinski definition) is 5. The van der Waals surface area contributed by atoms with E-state index in [4.69, 9.17) is 39.3 Å². The SMILES string of the molecule is CN(CCl)c1ccncc1-c1cc(-c2cccc(NC(=O)C(Cl)Cl)c2)on1. The van der Waals surface area contributed by atoms with E-state index in [9.17, 15) is 4.79 Å². The second-order valence-electron chi connectivity index (χ2n) is 5.66. The van der Waals surface area contributed by atoms with Crippen LogP contribution in [-0.4, -0.2) is 33.9 Å². The van der Waals surface area contributed by atoms with Crippen molar-refractivity contribution in [3.8, 4) is 22.6 Å². The van der Waals surface area contributed by atoms with Gasteiger partial charge in [-0.15, -0.1) is 11.6 Å². The van der Waals surface area contributed by atoms with Crippen LogP contribution in [-0.2, 0) is 4.79 Å². The Morgan fingerprint density at radius 1 is 1.30 bits per heavy atom. The van der Waals surface area contributed by atoms with Gasteiger partial charge < -0.3 is 14.7 Å². The maximum Gasteiger partial charge on any atom is 0.257 e. The van der Waals surface area contributed by atoms with Gasteiger partial charge in [-0.05, 0) is 18.2 Å². The van der Waals surface area contributed by atoms with Gasteiger partial charge in [-0.3, -0.25) is 9.78 Å². The first-order valence-electron chi connectivity index (χ1n) is 7.87. The van der Waals surface area contributed by atoms with E-state index in [2.05, 4.69) is 15.5 Å². The lowest BCUT2D eigenvalue weighted by molar-refractivity contribution is -0.114. The van der Waals surface area contributed by atoms with E-state index in [1.807, 2.05) is 24.1 Å². The minimum atomic E-state index is -1.14. The molecule has 2 heterocycles. The summed E-state index contributed by atoms with van der Waals surface area (Å²) in [6.45, 7) is 0. The third kappa shape index (κ3) is 4.53. The minimum Gasteiger partial charge on any atom is -0.360 e. The number of benzene rings is 1. The van der Waals surface area contributed by atoms with E-state index in [1.54, 1.807) is 36.7 Å². The molecule has 3 aromatic rings. The molecule has 0 fully saturated rings. The van der Waals surface area contributed by atoms with Crippen molar-refractivity contribution in [2.75, 3.05) is 23.3 Å². The molecule has 0 unspecified atom stereocenters. The van der Waals surface area contributed by atoms with Gasteiger partial charge in [-0.1, -0.05) is 40.5 Å². The first-order chi connectivity index (χ1) is 13.0. The van der Waals surface area contributed by atoms with Crippen molar-refractivity contribution in [2.45, 2.75) is 4.84 Å². The lowest BCUT2D eigenvalue weighted by Crippen LogP contribution is -2.18. The van der Waals surface area contributed by atoms with Gasteiger partial charge in [0.2, 0.25) is 0 Å². The number of carbonyl (C=O) groups excluding carboxylic acids is 1. The lowest BCUT2D eigenvalue weighted by atomic mass is 10.1. The fourth-order valence-corrected chi connectivity index (χ4v) is 2.70. The summed E-state index contributed by atoms with van der Waals surface area (Å²) in [4.78, 5) is 16.5. The van der Waals surface area contributed by atoms with Crippen LogP contribution in [0.5, 0.6) is 0 Å². The van der Waals surface area contributed by atoms with Crippen LogP contribution in [0.4, 0.5) is 11.4 Å². The predicted octanol–water partition coefficient (Wildman–Crippen LogP) is 4.78. The molecule has 9 heteroatoms. The van der Waals surface area contributed by atoms with Gasteiger partial charge in [0.25, 0.3) is 5.91 Å². The number of hydrogen-bond donors (Lipinski definition) is 1. The summed E-state index contributed by atoms with van der Waals surface area (Å²) in [5.74, 6) is 0.0376. The molecule has 2 aromatic heterocycles. The fourth-order valence-electron chi connectivity index (χ4n) is 2.47. The average molecular weight is 426 g/mol. The van der Waals surface area contributed by atoms with Gasteiger partial charge in [0.1, 0.15) is 5.69 Å². The van der Waals surface area contributed by atoms with E-state index in [-0.39, 0.29) is 0 Å². The third-order valence-corrected chi connectivity index (χ3v) is 4.54. The Kier molecular flexibility index (Phi) is 6.21. The molecule has 27 heavy (non-hydrogen) atoms. The van der Waals surface area contributed by atoms with Gasteiger partial charge in [0.05, 0.1) is 11.7 Å². The van der Waals surface area contributed by atoms with Crippen LogP contribution in [0.2, 0.25) is 0 Å². The van der Waals surface area contributed by atoms with Gasteiger partial charge >= 0.3 is 0 Å². The Morgan fingerprint density at radius 3 is 2.85 bits per heavy atom. The first kappa shape index (κ1) is 19.5. The van der Waals surface area contributed by atoms with Crippen molar-refractivity contribution in [1.82, 2.24) is 10.1 Å². The summed E-state index contributed by atoms with van der Waals surface area (Å²) in [5, 5.41) is 6.77. The van der Waals surface area contributed by atoms with Gasteiger partial charge in [-0.25, -0.2) is 0 Å². The number of nitrogens with one attached hydrogen (secondary N) is 1. The summed E-state index contributed by atoms with van der Waals surface area (Å²) in [6.07, 6.45) is 3.40. The van der Waals surface area contributed by atoms with Crippen molar-refractivity contribution in [1.29, 1.82) is 0 Å². The van der Waals surface area contributed by atoms with Crippen molar-refractivity contribution in [2.24, 2.45) is 0 Å². The molecule has 0 saturated carbocycles. The average Bonchev–Trinajstić information content (AvgIpc) is 3.17. The van der Waals surface area contributed by atoms with Crippen LogP contribution in [0.1, 0.15) is 0 Å². The van der Waals surface area contributed by atoms with Crippen LogP contribution in [0.3, 0.4) is 0 Å². The molecular formula is C18H15Cl3N4O2. The highest BCUT2D eigenvalue weighted by Crippen LogP contribution is 2.32. The van der Waals surface area contributed by atoms with Crippen molar-refractivity contribution in [3.63, 3.8) is 0 Å². The summed E-state index contributed by atoms with van der Waals surface area (Å²) in [6, 6.07) is 11.1. The second kappa shape index (κ2) is 8.61. The summed E-state index contributed by atoms with van der Waals surface area (Å²) in [7, 11) is 1.87. The Balaban J connectivity index is 1.90. The molecule has 0 atom stereocenters. The molecule has 1 aromatic carbocycles. The number of aromatic nitrogens is 2. The van der Waals surface area contributed by atoms with E-state index < -0.39 is 10.7 Å². The quantitative estimate of drug-likeness (QED) is 0.454. The molecule has 1 N–H and O–H groups in total. The molecule has 1 amide bonds. The van der Waals surface area contributed by atoms with Crippen LogP contribution in [0, 0.1) is 0 Å². The van der Waals surface area contributed by atoms with E-state index in [1.165, 1.54) is 0 Å². The van der Waals surface area contributed by atoms with Crippen molar-refractivity contribution >= 4 is 52.1 Å². The van der Waals surface area contributed by atoms with Gasteiger partial charge in [-0.2, -0.15) is 0 Å². The zero-order chi connectivity index (χ0) is 19.4. The maximum absolute atomic E-state index is 11.6. The number of pyridine rings is 1. The molecule has 0 bridgehead atoms. The number of nitrogens with zero attached hydrogens (tertiary/aromatic N) is 3. The number of alkyl halides is 3. The zero-order valence-corrected chi connectivity index (χ0v) is 16.5. The molecule has 6 nitrogen and oxygen atoms in total. The summed E-state index contributed by atoms with van der Waals surface area (Å²) < 4.78 is 5.49. The molecule has 0 aliphatic carbocycles. The highest BCUT2D eigenvalue weighted by molar-refractivity contribution is 6.54. The monoisotopic (exact) mass is 424 g/mol. The number of halogens is 3. The second-order valence-corrected chi connectivity index (χ2v) is 6.99. The molecule has 140 valence electrons. The van der Waals surface area contributed by atoms with Crippen molar-refractivity contribution < 1.29 is 9.32 Å². The zero-order valence-electron chi connectivity index (χ0n) is 14.2. The molecular weight excluding hydrogens is 411 g/mol.